The van der Waals surface area contributed by atoms with Gasteiger partial charge in [-0.3, -0.25) is 10.1 Å². The average molecular weight is 353 g/mol. The van der Waals surface area contributed by atoms with Crippen LogP contribution in [0.3, 0.4) is 0 Å². The number of carbonyl (C=O) groups excluding carboxylic acids is 1. The van der Waals surface area contributed by atoms with E-state index in [4.69, 9.17) is 9.47 Å². The van der Waals surface area contributed by atoms with Gasteiger partial charge in [0.2, 0.25) is 5.91 Å². The van der Waals surface area contributed by atoms with Crippen LogP contribution in [-0.2, 0) is 16.0 Å². The molecule has 5 heteroatoms. The zero-order chi connectivity index (χ0) is 17.4. The Morgan fingerprint density at radius 3 is 2.92 bits per heavy atom. The highest BCUT2D eigenvalue weighted by atomic mass is 32.1. The molecule has 25 heavy (non-hydrogen) atoms. The first-order valence-electron chi connectivity index (χ1n) is 8.26. The molecule has 1 aliphatic carbocycles. The van der Waals surface area contributed by atoms with Gasteiger partial charge in [-0.05, 0) is 53.6 Å². The van der Waals surface area contributed by atoms with E-state index in [2.05, 4.69) is 28.9 Å². The van der Waals surface area contributed by atoms with Crippen LogP contribution >= 0.6 is 11.3 Å². The molecule has 2 heterocycles. The summed E-state index contributed by atoms with van der Waals surface area (Å²) in [4.78, 5) is 12.8. The van der Waals surface area contributed by atoms with E-state index in [1.165, 1.54) is 22.9 Å². The minimum absolute atomic E-state index is 0.130. The topological polar surface area (TPSA) is 47.6 Å². The van der Waals surface area contributed by atoms with Crippen LogP contribution in [0.4, 0.5) is 0 Å². The van der Waals surface area contributed by atoms with Crippen LogP contribution in [0.5, 0.6) is 5.75 Å². The number of nitrogens with one attached hydrogen (secondary N) is 1. The number of hydrogen-bond acceptors (Lipinski definition) is 4. The molecule has 0 spiro atoms. The van der Waals surface area contributed by atoms with Crippen LogP contribution < -0.4 is 10.1 Å². The summed E-state index contributed by atoms with van der Waals surface area (Å²) < 4.78 is 11.5. The fourth-order valence-electron chi connectivity index (χ4n) is 3.44. The van der Waals surface area contributed by atoms with Crippen molar-refractivity contribution in [1.29, 1.82) is 0 Å². The van der Waals surface area contributed by atoms with Gasteiger partial charge in [-0.25, -0.2) is 0 Å². The molecule has 1 N–H and O–H groups in total. The molecule has 0 saturated carbocycles. The number of ether oxygens (including phenoxy) is 2. The summed E-state index contributed by atoms with van der Waals surface area (Å²) >= 11 is 1.72. The van der Waals surface area contributed by atoms with Crippen molar-refractivity contribution >= 4 is 23.0 Å². The summed E-state index contributed by atoms with van der Waals surface area (Å²) in [6.07, 6.45) is 3.94. The lowest BCUT2D eigenvalue weighted by Crippen LogP contribution is -2.26. The van der Waals surface area contributed by atoms with Crippen molar-refractivity contribution in [3.63, 3.8) is 0 Å². The summed E-state index contributed by atoms with van der Waals surface area (Å²) in [6.45, 7) is 1.49. The predicted molar refractivity (Wildman–Crippen MR) is 98.3 cm³/mol. The molecule has 0 saturated heterocycles. The molecule has 4 rings (SSSR count). The molecule has 1 amide bonds. The second-order valence-corrected chi connectivity index (χ2v) is 7.16. The number of thiophene rings is 1. The van der Waals surface area contributed by atoms with Crippen molar-refractivity contribution in [1.82, 2.24) is 5.32 Å². The Hall–Kier alpha value is -2.53. The number of carbonyl (C=O) groups is 1. The molecule has 0 fully saturated rings. The molecule has 1 unspecified atom stereocenters. The normalized spacial score (nSPS) is 18.6. The Morgan fingerprint density at radius 2 is 2.20 bits per heavy atom. The summed E-state index contributed by atoms with van der Waals surface area (Å²) in [5, 5.41) is 4.89. The van der Waals surface area contributed by atoms with Gasteiger partial charge < -0.3 is 9.47 Å². The maximum Gasteiger partial charge on any atom is 0.223 e. The second kappa shape index (κ2) is 6.41. The van der Waals surface area contributed by atoms with Crippen LogP contribution in [0.2, 0.25) is 0 Å². The first kappa shape index (κ1) is 16.0. The largest absolute Gasteiger partial charge is 0.497 e. The zero-order valence-electron chi connectivity index (χ0n) is 14.2. The lowest BCUT2D eigenvalue weighted by Gasteiger charge is -2.31. The van der Waals surface area contributed by atoms with Crippen molar-refractivity contribution in [2.75, 3.05) is 7.11 Å². The van der Waals surface area contributed by atoms with Gasteiger partial charge in [0.25, 0.3) is 0 Å². The smallest absolute Gasteiger partial charge is 0.223 e. The summed E-state index contributed by atoms with van der Waals surface area (Å²) in [7, 11) is 1.67. The standard InChI is InChI=1S/C20H19NO3S/c1-12(22)21-19-11-17(18-4-3-9-25-18)15-8-6-13-5-7-14(23-2)10-16(13)20(15)24-19/h3-5,7,9-11,17H,6,8H2,1-2H3,(H,21,22). The fraction of sp³-hybridized carbons (Fsp3) is 0.250. The first-order chi connectivity index (χ1) is 12.2. The molecule has 1 aromatic carbocycles. The molecule has 4 nitrogen and oxygen atoms in total. The zero-order valence-corrected chi connectivity index (χ0v) is 15.0. The number of allylic oxidation sites excluding steroid dienone is 2. The SMILES string of the molecule is COc1ccc2c(c1)C1=C(CC2)C(c2cccs2)C=C(NC(C)=O)O1. The van der Waals surface area contributed by atoms with E-state index >= 15 is 0 Å². The Kier molecular flexibility index (Phi) is 4.09. The van der Waals surface area contributed by atoms with Gasteiger partial charge in [0, 0.05) is 23.3 Å². The third-order valence-electron chi connectivity index (χ3n) is 4.57. The average Bonchev–Trinajstić information content (AvgIpc) is 3.14. The fourth-order valence-corrected chi connectivity index (χ4v) is 4.27. The number of amides is 1. The van der Waals surface area contributed by atoms with E-state index in [-0.39, 0.29) is 11.8 Å². The second-order valence-electron chi connectivity index (χ2n) is 6.18. The van der Waals surface area contributed by atoms with Gasteiger partial charge in [-0.1, -0.05) is 12.1 Å². The van der Waals surface area contributed by atoms with E-state index in [0.717, 1.165) is 29.9 Å². The molecule has 1 aromatic heterocycles. The van der Waals surface area contributed by atoms with Crippen LogP contribution in [-0.4, -0.2) is 13.0 Å². The Balaban J connectivity index is 1.83. The minimum atomic E-state index is -0.137. The van der Waals surface area contributed by atoms with Gasteiger partial charge in [0.05, 0.1) is 7.11 Å². The molecule has 2 aromatic rings. The van der Waals surface area contributed by atoms with E-state index in [0.29, 0.717) is 5.88 Å². The van der Waals surface area contributed by atoms with Gasteiger partial charge in [-0.2, -0.15) is 0 Å². The molecule has 128 valence electrons. The molecule has 0 radical (unpaired) electrons. The summed E-state index contributed by atoms with van der Waals surface area (Å²) in [5.41, 5.74) is 3.56. The maximum atomic E-state index is 11.5. The van der Waals surface area contributed by atoms with Crippen molar-refractivity contribution in [2.45, 2.75) is 25.7 Å². The Bertz CT molecular complexity index is 880. The number of rotatable bonds is 3. The lowest BCUT2D eigenvalue weighted by molar-refractivity contribution is -0.118. The molecule has 2 aliphatic rings. The highest BCUT2D eigenvalue weighted by molar-refractivity contribution is 7.10. The van der Waals surface area contributed by atoms with Crippen molar-refractivity contribution in [3.05, 3.63) is 69.2 Å². The quantitative estimate of drug-likeness (QED) is 0.899. The third kappa shape index (κ3) is 2.96. The van der Waals surface area contributed by atoms with Crippen LogP contribution in [0.15, 0.2) is 53.2 Å². The number of methoxy groups -OCH3 is 1. The highest BCUT2D eigenvalue weighted by Crippen LogP contribution is 2.45. The first-order valence-corrected chi connectivity index (χ1v) is 9.14. The van der Waals surface area contributed by atoms with Gasteiger partial charge in [-0.15, -0.1) is 11.3 Å². The number of aryl methyl sites for hydroxylation is 1. The van der Waals surface area contributed by atoms with E-state index in [1.54, 1.807) is 18.4 Å². The molecule has 0 bridgehead atoms. The van der Waals surface area contributed by atoms with E-state index < -0.39 is 0 Å². The highest BCUT2D eigenvalue weighted by Gasteiger charge is 2.32. The lowest BCUT2D eigenvalue weighted by atomic mass is 9.82. The van der Waals surface area contributed by atoms with Crippen LogP contribution in [0.1, 0.15) is 35.3 Å². The Morgan fingerprint density at radius 1 is 1.32 bits per heavy atom. The number of fused-ring (bicyclic) bond motifs is 2. The predicted octanol–water partition coefficient (Wildman–Crippen LogP) is 4.21. The van der Waals surface area contributed by atoms with Crippen LogP contribution in [0, 0.1) is 0 Å². The Labute approximate surface area is 150 Å². The minimum Gasteiger partial charge on any atom is -0.497 e. The third-order valence-corrected chi connectivity index (χ3v) is 5.53. The van der Waals surface area contributed by atoms with E-state index in [1.807, 2.05) is 18.2 Å². The van der Waals surface area contributed by atoms with Crippen molar-refractivity contribution < 1.29 is 14.3 Å². The van der Waals surface area contributed by atoms with Gasteiger partial charge in [0.15, 0.2) is 5.88 Å². The molecular weight excluding hydrogens is 334 g/mol. The summed E-state index contributed by atoms with van der Waals surface area (Å²) in [6, 6.07) is 10.3. The van der Waals surface area contributed by atoms with Crippen molar-refractivity contribution in [3.8, 4) is 5.75 Å². The van der Waals surface area contributed by atoms with Gasteiger partial charge in [0.1, 0.15) is 11.5 Å². The van der Waals surface area contributed by atoms with Gasteiger partial charge >= 0.3 is 0 Å². The number of benzene rings is 1. The van der Waals surface area contributed by atoms with Crippen LogP contribution in [0.25, 0.3) is 5.76 Å². The van der Waals surface area contributed by atoms with Crippen molar-refractivity contribution in [2.24, 2.45) is 0 Å². The monoisotopic (exact) mass is 353 g/mol. The molecular formula is C20H19NO3S. The van der Waals surface area contributed by atoms with E-state index in [9.17, 15) is 4.79 Å². The molecule has 1 aliphatic heterocycles. The number of hydrogen-bond donors (Lipinski definition) is 1. The maximum absolute atomic E-state index is 11.5. The summed E-state index contributed by atoms with van der Waals surface area (Å²) in [5.74, 6) is 2.15. The molecule has 1 atom stereocenters.